The molecule has 0 atom stereocenters. The predicted octanol–water partition coefficient (Wildman–Crippen LogP) is 2.70. The Hall–Kier alpha value is -2.20. The first kappa shape index (κ1) is 23.8. The van der Waals surface area contributed by atoms with Gasteiger partial charge in [0.25, 0.3) is 0 Å². The molecule has 0 aliphatic heterocycles. The van der Waals surface area contributed by atoms with Crippen LogP contribution in [0.2, 0.25) is 0 Å². The molecule has 153 valence electrons. The Bertz CT molecular complexity index is 817. The fourth-order valence-electron chi connectivity index (χ4n) is 1.90. The fourth-order valence-corrected chi connectivity index (χ4v) is 2.12. The van der Waals surface area contributed by atoms with E-state index in [-0.39, 0.29) is 27.4 Å². The van der Waals surface area contributed by atoms with E-state index in [4.69, 9.17) is 34.1 Å². The molecule has 2 heterocycles. The van der Waals surface area contributed by atoms with E-state index in [0.29, 0.717) is 30.9 Å². The Morgan fingerprint density at radius 3 is 1.86 bits per heavy atom. The largest absolute Gasteiger partial charge is 2.00 e. The van der Waals surface area contributed by atoms with E-state index in [1.165, 1.54) is 0 Å². The summed E-state index contributed by atoms with van der Waals surface area (Å²) in [5.41, 5.74) is 6.84. The summed E-state index contributed by atoms with van der Waals surface area (Å²) < 4.78 is 10.4. The summed E-state index contributed by atoms with van der Waals surface area (Å²) >= 11 is 10.3. The van der Waals surface area contributed by atoms with Gasteiger partial charge in [-0.2, -0.15) is 10.2 Å². The number of nitrogens with one attached hydrogen (secondary N) is 2. The van der Waals surface area contributed by atoms with Gasteiger partial charge in [-0.1, -0.05) is 6.92 Å². The molecule has 0 saturated heterocycles. The maximum atomic E-state index is 5.20. The van der Waals surface area contributed by atoms with Crippen LogP contribution >= 0.6 is 0 Å². The van der Waals surface area contributed by atoms with Crippen molar-refractivity contribution in [3.63, 3.8) is 0 Å². The first-order valence-corrected chi connectivity index (χ1v) is 9.01. The molecular formula is C17H20CuN6O2S2. The minimum Gasteiger partial charge on any atom is -0.741 e. The third kappa shape index (κ3) is 8.66. The van der Waals surface area contributed by atoms with Crippen LogP contribution in [0.4, 0.5) is 0 Å². The zero-order valence-corrected chi connectivity index (χ0v) is 17.9. The minimum atomic E-state index is 0. The van der Waals surface area contributed by atoms with E-state index in [1.807, 2.05) is 26.0 Å². The van der Waals surface area contributed by atoms with Crippen LogP contribution < -0.4 is 10.9 Å². The minimum absolute atomic E-state index is 0. The number of aliphatic imine (C=N–C) groups is 2. The second-order valence-electron chi connectivity index (χ2n) is 5.23. The predicted molar refractivity (Wildman–Crippen MR) is 112 cm³/mol. The van der Waals surface area contributed by atoms with Crippen LogP contribution in [-0.4, -0.2) is 21.8 Å². The van der Waals surface area contributed by atoms with Gasteiger partial charge in [0, 0.05) is 0 Å². The summed E-state index contributed by atoms with van der Waals surface area (Å²) in [5.74, 6) is 1.46. The number of hydrazone groups is 2. The van der Waals surface area contributed by atoms with Crippen molar-refractivity contribution in [1.29, 1.82) is 0 Å². The van der Waals surface area contributed by atoms with Crippen LogP contribution in [-0.2, 0) is 55.4 Å². The molecule has 0 aliphatic carbocycles. The molecule has 0 aromatic carbocycles. The Labute approximate surface area is 185 Å². The van der Waals surface area contributed by atoms with Crippen LogP contribution in [0.5, 0.6) is 0 Å². The Kier molecular flexibility index (Phi) is 11.1. The summed E-state index contributed by atoms with van der Waals surface area (Å²) in [6.45, 7) is 4.49. The van der Waals surface area contributed by atoms with Gasteiger partial charge >= 0.3 is 17.1 Å². The van der Waals surface area contributed by atoms with Crippen LogP contribution in [0.3, 0.4) is 0 Å². The van der Waals surface area contributed by atoms with Crippen molar-refractivity contribution in [2.45, 2.75) is 33.4 Å². The van der Waals surface area contributed by atoms with E-state index in [9.17, 15) is 0 Å². The quantitative estimate of drug-likeness (QED) is 0.203. The van der Waals surface area contributed by atoms with Gasteiger partial charge in [-0.05, 0) is 47.9 Å². The van der Waals surface area contributed by atoms with Gasteiger partial charge in [-0.15, -0.1) is 0 Å². The number of hydrogen-bond acceptors (Lipinski definition) is 8. The molecule has 0 unspecified atom stereocenters. The average molecular weight is 468 g/mol. The van der Waals surface area contributed by atoms with Crippen molar-refractivity contribution in [1.82, 2.24) is 10.9 Å². The zero-order chi connectivity index (χ0) is 19.5. The zero-order valence-electron chi connectivity index (χ0n) is 15.3. The molecule has 0 bridgehead atoms. The van der Waals surface area contributed by atoms with E-state index in [1.54, 1.807) is 24.7 Å². The Balaban J connectivity index is 0.00000392. The third-order valence-corrected chi connectivity index (χ3v) is 3.72. The van der Waals surface area contributed by atoms with Gasteiger partial charge in [-0.3, -0.25) is 20.8 Å². The van der Waals surface area contributed by atoms with Crippen LogP contribution in [0.15, 0.2) is 65.8 Å². The fraction of sp³-hybridized carbons (Fsp3) is 0.294. The normalized spacial score (nSPS) is 13.2. The van der Waals surface area contributed by atoms with E-state index in [0.717, 1.165) is 11.5 Å². The molecule has 0 spiro atoms. The molecule has 2 rings (SSSR count). The van der Waals surface area contributed by atoms with E-state index >= 15 is 0 Å². The SMILES string of the molecule is CCC(=N\NC([S-])=NCc1ccco1)/C(C)=N/NC([S-])=NCc1ccco1.[Cu+2]. The first-order valence-electron chi connectivity index (χ1n) is 8.19. The van der Waals surface area contributed by atoms with Crippen molar-refractivity contribution in [2.24, 2.45) is 20.2 Å². The molecule has 8 nitrogen and oxygen atoms in total. The molecule has 2 aromatic rings. The van der Waals surface area contributed by atoms with Crippen LogP contribution in [0.25, 0.3) is 0 Å². The Morgan fingerprint density at radius 1 is 0.929 bits per heavy atom. The summed E-state index contributed by atoms with van der Waals surface area (Å²) in [7, 11) is 0. The molecule has 11 heteroatoms. The van der Waals surface area contributed by atoms with Crippen molar-refractivity contribution in [2.75, 3.05) is 0 Å². The maximum absolute atomic E-state index is 5.20. The molecule has 0 amide bonds. The maximum Gasteiger partial charge on any atom is 2.00 e. The van der Waals surface area contributed by atoms with Crippen molar-refractivity contribution in [3.8, 4) is 0 Å². The summed E-state index contributed by atoms with van der Waals surface area (Å²) in [4.78, 5) is 8.34. The van der Waals surface area contributed by atoms with Crippen molar-refractivity contribution in [3.05, 3.63) is 48.3 Å². The van der Waals surface area contributed by atoms with Gasteiger partial charge < -0.3 is 34.1 Å². The summed E-state index contributed by atoms with van der Waals surface area (Å²) in [6, 6.07) is 7.25. The monoisotopic (exact) mass is 467 g/mol. The smallest absolute Gasteiger partial charge is 0.741 e. The molecule has 1 radical (unpaired) electrons. The number of amidine groups is 2. The van der Waals surface area contributed by atoms with E-state index < -0.39 is 0 Å². The third-order valence-electron chi connectivity index (χ3n) is 3.28. The van der Waals surface area contributed by atoms with Crippen LogP contribution in [0.1, 0.15) is 31.8 Å². The summed E-state index contributed by atoms with van der Waals surface area (Å²) in [6.07, 6.45) is 3.83. The number of furan rings is 2. The summed E-state index contributed by atoms with van der Waals surface area (Å²) in [5, 5.41) is 8.98. The van der Waals surface area contributed by atoms with Crippen molar-refractivity contribution < 1.29 is 25.9 Å². The number of nitrogens with zero attached hydrogens (tertiary/aromatic N) is 4. The molecule has 2 aromatic heterocycles. The number of rotatable bonds is 8. The van der Waals surface area contributed by atoms with E-state index in [2.05, 4.69) is 31.0 Å². The van der Waals surface area contributed by atoms with Gasteiger partial charge in [0.1, 0.15) is 11.5 Å². The van der Waals surface area contributed by atoms with Crippen molar-refractivity contribution >= 4 is 47.0 Å². The topological polar surface area (TPSA) is 99.8 Å². The van der Waals surface area contributed by atoms with Gasteiger partial charge in [-0.25, -0.2) is 0 Å². The molecule has 0 fully saturated rings. The standard InChI is InChI=1S/C17H22N6O2S2.Cu/c1-3-15(21-23-17(27)19-11-14-7-5-9-25-14)12(2)20-22-16(26)18-10-13-6-4-8-24-13;/h4-9H,3,10-11H2,1-2H3,(H2,18,22,26)(H2,19,23,27);/q;+2/p-2/b20-12+,21-15+;. The van der Waals surface area contributed by atoms with Gasteiger partial charge in [0.2, 0.25) is 0 Å². The molecule has 0 aliphatic rings. The van der Waals surface area contributed by atoms with Crippen LogP contribution in [0, 0.1) is 0 Å². The average Bonchev–Trinajstić information content (AvgIpc) is 3.37. The van der Waals surface area contributed by atoms with Gasteiger partial charge in [0.05, 0.1) is 37.0 Å². The van der Waals surface area contributed by atoms with Gasteiger partial charge in [0.15, 0.2) is 0 Å². The molecule has 0 saturated carbocycles. The Morgan fingerprint density at radius 2 is 1.43 bits per heavy atom. The second kappa shape index (κ2) is 13.1. The molecule has 28 heavy (non-hydrogen) atoms. The molecule has 2 N–H and O–H groups in total. The number of hydrogen-bond donors (Lipinski definition) is 2. The molecular weight excluding hydrogens is 448 g/mol. The second-order valence-corrected chi connectivity index (χ2v) is 6.01. The first-order chi connectivity index (χ1) is 13.1.